The molecule has 26 heteroatoms. The third-order valence-corrected chi connectivity index (χ3v) is 13.8. The molecule has 0 amide bonds. The predicted molar refractivity (Wildman–Crippen MR) is 359 cm³/mol. The molecule has 26 nitrogen and oxygen atoms in total. The number of carbonyl (C=O) groups excluding carboxylic acids is 2. The molecule has 0 saturated carbocycles. The maximum Gasteiger partial charge on any atom is 0.203 e. The normalized spacial score (nSPS) is 11.5. The number of hydrogen-bond donors (Lipinski definition) is 2. The Kier molecular flexibility index (Phi) is 51.9. The van der Waals surface area contributed by atoms with Crippen molar-refractivity contribution < 1.29 is 114 Å². The topological polar surface area (TPSA) is 269 Å². The van der Waals surface area contributed by atoms with Gasteiger partial charge in [0.05, 0.1) is 242 Å². The fourth-order valence-corrected chi connectivity index (χ4v) is 8.68. The van der Waals surface area contributed by atoms with Crippen molar-refractivity contribution in [3.05, 3.63) is 72.1 Å². The minimum atomic E-state index is -0.386. The lowest BCUT2D eigenvalue weighted by molar-refractivity contribution is -0.0165. The minimum absolute atomic E-state index is 0.133. The van der Waals surface area contributed by atoms with Crippen LogP contribution < -0.4 is 18.9 Å². The van der Waals surface area contributed by atoms with Gasteiger partial charge in [-0.15, -0.1) is 0 Å². The molecule has 96 heavy (non-hydrogen) atoms. The smallest absolute Gasteiger partial charge is 0.203 e. The number of nitrogens with one attached hydrogen (secondary N) is 2. The van der Waals surface area contributed by atoms with Gasteiger partial charge in [0.2, 0.25) is 5.75 Å². The van der Waals surface area contributed by atoms with Crippen molar-refractivity contribution in [2.75, 3.05) is 266 Å². The van der Waals surface area contributed by atoms with Gasteiger partial charge in [-0.05, 0) is 72.6 Å². The summed E-state index contributed by atoms with van der Waals surface area (Å²) in [6.45, 7) is 17.3. The molecule has 2 heterocycles. The Hall–Kier alpha value is -5.18. The van der Waals surface area contributed by atoms with Gasteiger partial charge in [0.1, 0.15) is 25.6 Å². The van der Waals surface area contributed by atoms with E-state index in [-0.39, 0.29) is 63.3 Å². The van der Waals surface area contributed by atoms with Crippen molar-refractivity contribution in [3.63, 3.8) is 0 Å². The number of carbonyl (C=O) groups is 2. The van der Waals surface area contributed by atoms with Crippen molar-refractivity contribution in [1.82, 2.24) is 9.97 Å². The highest BCUT2D eigenvalue weighted by Crippen LogP contribution is 2.42. The molecule has 0 saturated heterocycles. The molecule has 0 bridgehead atoms. The molecule has 2 N–H and O–H groups in total. The van der Waals surface area contributed by atoms with E-state index in [1.165, 1.54) is 25.7 Å². The third-order valence-electron chi connectivity index (χ3n) is 13.8. The van der Waals surface area contributed by atoms with Gasteiger partial charge in [-0.25, -0.2) is 0 Å². The van der Waals surface area contributed by atoms with Crippen LogP contribution >= 0.6 is 0 Å². The van der Waals surface area contributed by atoms with Crippen LogP contribution in [0.1, 0.15) is 72.8 Å². The summed E-state index contributed by atoms with van der Waals surface area (Å²) < 4.78 is 124. The summed E-state index contributed by atoms with van der Waals surface area (Å²) in [5.74, 6) is 1.07. The Labute approximate surface area is 568 Å². The van der Waals surface area contributed by atoms with E-state index in [2.05, 4.69) is 16.9 Å². The van der Waals surface area contributed by atoms with Crippen LogP contribution in [0.2, 0.25) is 0 Å². The summed E-state index contributed by atoms with van der Waals surface area (Å²) in [5.41, 5.74) is 3.40. The van der Waals surface area contributed by atoms with Crippen molar-refractivity contribution in [1.29, 1.82) is 0 Å². The van der Waals surface area contributed by atoms with E-state index < -0.39 is 0 Å². The van der Waals surface area contributed by atoms with Crippen LogP contribution in [0.3, 0.4) is 0 Å². The number of aromatic amines is 2. The lowest BCUT2D eigenvalue weighted by atomic mass is 10.1. The van der Waals surface area contributed by atoms with E-state index in [1.54, 1.807) is 51.7 Å². The van der Waals surface area contributed by atoms with Crippen molar-refractivity contribution >= 4 is 11.6 Å². The van der Waals surface area contributed by atoms with Gasteiger partial charge in [0, 0.05) is 38.3 Å². The average Bonchev–Trinajstić information content (AvgIpc) is 1.46. The zero-order valence-corrected chi connectivity index (χ0v) is 57.7. The summed E-state index contributed by atoms with van der Waals surface area (Å²) >= 11 is 0. The second kappa shape index (κ2) is 59.8. The number of ether oxygens (including phenoxy) is 22. The molecule has 546 valence electrons. The maximum absolute atomic E-state index is 13.8. The van der Waals surface area contributed by atoms with E-state index in [0.717, 1.165) is 29.8 Å². The van der Waals surface area contributed by atoms with Crippen LogP contribution in [0.4, 0.5) is 0 Å². The average molecular weight is 1370 g/mol. The van der Waals surface area contributed by atoms with Crippen molar-refractivity contribution in [2.45, 2.75) is 51.9 Å². The largest absolute Gasteiger partial charge is 0.494 e. The number of ketones is 2. The van der Waals surface area contributed by atoms with Crippen LogP contribution in [0.5, 0.6) is 23.0 Å². The lowest BCUT2D eigenvalue weighted by Gasteiger charge is -2.19. The van der Waals surface area contributed by atoms with Gasteiger partial charge < -0.3 is 114 Å². The summed E-state index contributed by atoms with van der Waals surface area (Å²) in [4.78, 5) is 33.9. The maximum atomic E-state index is 13.8. The Balaban J connectivity index is 1.35. The van der Waals surface area contributed by atoms with Gasteiger partial charge in [-0.3, -0.25) is 9.59 Å². The Morgan fingerprint density at radius 1 is 0.292 bits per heavy atom. The predicted octanol–water partition coefficient (Wildman–Crippen LogP) is 8.20. The Morgan fingerprint density at radius 3 is 0.917 bits per heavy atom. The molecule has 4 rings (SSSR count). The fourth-order valence-electron chi connectivity index (χ4n) is 8.68. The highest BCUT2D eigenvalue weighted by Gasteiger charge is 2.21. The molecular weight excluding hydrogens is 1250 g/mol. The summed E-state index contributed by atoms with van der Waals surface area (Å²) in [6.07, 6.45) is 6.80. The number of rotatable bonds is 71. The number of aromatic nitrogens is 2. The highest BCUT2D eigenvalue weighted by atomic mass is 16.6. The second-order valence-electron chi connectivity index (χ2n) is 21.2. The first kappa shape index (κ1) is 83.2. The molecule has 0 spiro atoms. The monoisotopic (exact) mass is 1360 g/mol. The summed E-state index contributed by atoms with van der Waals surface area (Å²) in [5, 5.41) is 0. The number of unbranched alkanes of at least 4 members (excludes halogenated alkanes) is 5. The standard InChI is InChI=1S/C70H112N2O24/c1-5-6-7-8-9-10-19-93-61-13-11-59(12-14-61)62-15-17-64(71-62)66(73)58-67(74)65-18-16-63(72-65)60-56-68(94-53-50-90-47-44-87-41-38-84-35-32-81-29-26-78-23-20-75-2)70(96-55-52-92-49-46-89-43-40-86-37-34-83-31-28-80-25-22-77-4)69(57-60)95-54-51-91-48-45-88-42-39-85-36-33-82-30-27-79-24-21-76-3/h11-18,56-57,71-72H,5-10,19-55,58H2,1-4H3. The van der Waals surface area contributed by atoms with Crippen LogP contribution in [-0.4, -0.2) is 287 Å². The van der Waals surface area contributed by atoms with Crippen LogP contribution in [0, 0.1) is 0 Å². The highest BCUT2D eigenvalue weighted by molar-refractivity contribution is 6.12. The Morgan fingerprint density at radius 2 is 0.583 bits per heavy atom. The molecule has 0 aliphatic carbocycles. The van der Waals surface area contributed by atoms with E-state index >= 15 is 0 Å². The number of hydrogen-bond acceptors (Lipinski definition) is 24. The molecule has 2 aromatic heterocycles. The Bertz CT molecular complexity index is 2380. The molecule has 0 atom stereocenters. The molecule has 0 radical (unpaired) electrons. The van der Waals surface area contributed by atoms with Crippen LogP contribution in [0.25, 0.3) is 22.5 Å². The second-order valence-corrected chi connectivity index (χ2v) is 21.2. The molecular formula is C70H112N2O24. The molecule has 0 aliphatic rings. The van der Waals surface area contributed by atoms with E-state index in [4.69, 9.17) is 104 Å². The van der Waals surface area contributed by atoms with E-state index in [0.29, 0.717) is 239 Å². The zero-order valence-electron chi connectivity index (χ0n) is 57.7. The van der Waals surface area contributed by atoms with E-state index in [9.17, 15) is 9.59 Å². The van der Waals surface area contributed by atoms with Crippen LogP contribution in [0.15, 0.2) is 60.7 Å². The number of Topliss-reactive ketones (excluding diaryl/α,β-unsaturated/α-hetero) is 2. The summed E-state index contributed by atoms with van der Waals surface area (Å²) in [7, 11) is 4.90. The third kappa shape index (κ3) is 41.9. The lowest BCUT2D eigenvalue weighted by Crippen LogP contribution is -2.16. The van der Waals surface area contributed by atoms with E-state index in [1.807, 2.05) is 30.3 Å². The molecule has 2 aromatic carbocycles. The number of methoxy groups -OCH3 is 3. The molecule has 0 aliphatic heterocycles. The molecule has 0 fully saturated rings. The number of H-pyrrole nitrogens is 2. The van der Waals surface area contributed by atoms with Gasteiger partial charge in [-0.2, -0.15) is 0 Å². The molecule has 4 aromatic rings. The van der Waals surface area contributed by atoms with Gasteiger partial charge in [0.15, 0.2) is 23.1 Å². The summed E-state index contributed by atoms with van der Waals surface area (Å²) in [6, 6.07) is 18.3. The van der Waals surface area contributed by atoms with Crippen molar-refractivity contribution in [3.8, 4) is 45.5 Å². The number of benzene rings is 2. The van der Waals surface area contributed by atoms with Crippen LogP contribution in [-0.2, 0) is 85.3 Å². The molecule has 0 unspecified atom stereocenters. The SMILES string of the molecule is CCCCCCCCOc1ccc(-c2ccc(C(=O)CC(=O)c3ccc(-c4cc(OCCOCCOCCOCCOCCOCCOC)c(OCCOCCOCCOCCOCCOCCOC)c(OCCOCCOCCOCCOCCOCCOC)c4)[nH]3)[nH]2)cc1. The fraction of sp³-hybridized carbons (Fsp3) is 0.686. The van der Waals surface area contributed by atoms with Gasteiger partial charge in [0.25, 0.3) is 0 Å². The van der Waals surface area contributed by atoms with Gasteiger partial charge in [-0.1, -0.05) is 39.0 Å². The minimum Gasteiger partial charge on any atom is -0.494 e. The first-order valence-corrected chi connectivity index (χ1v) is 33.8. The first-order chi connectivity index (χ1) is 47.5. The first-order valence-electron chi connectivity index (χ1n) is 33.8. The quantitative estimate of drug-likeness (QED) is 0.0239. The van der Waals surface area contributed by atoms with Gasteiger partial charge >= 0.3 is 0 Å². The van der Waals surface area contributed by atoms with Crippen molar-refractivity contribution in [2.24, 2.45) is 0 Å². The zero-order chi connectivity index (χ0) is 68.1.